The molecule has 2 aliphatic heterocycles. The summed E-state index contributed by atoms with van der Waals surface area (Å²) in [4.78, 5) is 38.0. The Bertz CT molecular complexity index is 633. The Kier molecular flexibility index (Phi) is 3.96. The van der Waals surface area contributed by atoms with Crippen molar-refractivity contribution in [3.63, 3.8) is 0 Å². The number of hydrogen-bond acceptors (Lipinski definition) is 7. The van der Waals surface area contributed by atoms with Crippen LogP contribution < -0.4 is 10.2 Å². The van der Waals surface area contributed by atoms with E-state index in [0.717, 1.165) is 37.8 Å². The van der Waals surface area contributed by atoms with E-state index in [1.54, 1.807) is 18.3 Å². The molecule has 1 fully saturated rings. The van der Waals surface area contributed by atoms with Crippen molar-refractivity contribution in [3.8, 4) is 0 Å². The second-order valence-electron chi connectivity index (χ2n) is 4.50. The summed E-state index contributed by atoms with van der Waals surface area (Å²) in [5, 5.41) is 1.86. The third-order valence-corrected chi connectivity index (χ3v) is 3.84. The van der Waals surface area contributed by atoms with Gasteiger partial charge in [-0.15, -0.1) is 0 Å². The average molecular weight is 303 g/mol. The summed E-state index contributed by atoms with van der Waals surface area (Å²) >= 11 is 0.881. The van der Waals surface area contributed by atoms with Crippen LogP contribution in [-0.4, -0.2) is 47.0 Å². The van der Waals surface area contributed by atoms with Gasteiger partial charge in [0.25, 0.3) is 11.1 Å². The third-order valence-electron chi connectivity index (χ3n) is 3.02. The van der Waals surface area contributed by atoms with Gasteiger partial charge in [-0.3, -0.25) is 19.9 Å². The molecular weight excluding hydrogens is 290 g/mol. The number of carbonyl (C=O) groups is 2. The van der Waals surface area contributed by atoms with E-state index in [1.807, 2.05) is 6.21 Å². The van der Waals surface area contributed by atoms with Gasteiger partial charge in [-0.2, -0.15) is 0 Å². The summed E-state index contributed by atoms with van der Waals surface area (Å²) in [6, 6.07) is 1.71. The van der Waals surface area contributed by atoms with Crippen LogP contribution in [0.3, 0.4) is 0 Å². The Balaban J connectivity index is 1.81. The molecule has 0 unspecified atom stereocenters. The van der Waals surface area contributed by atoms with E-state index in [9.17, 15) is 9.59 Å². The van der Waals surface area contributed by atoms with Gasteiger partial charge >= 0.3 is 0 Å². The molecule has 1 saturated heterocycles. The summed E-state index contributed by atoms with van der Waals surface area (Å²) in [5.41, 5.74) is 0.609. The SMILES string of the molecule is O=C1NC(=O)/C(=C/c2ccnc(N3CCC=NCC3)n2)S1. The Morgan fingerprint density at radius 2 is 2.24 bits per heavy atom. The predicted octanol–water partition coefficient (Wildman–Crippen LogP) is 1.08. The highest BCUT2D eigenvalue weighted by Crippen LogP contribution is 2.25. The quantitative estimate of drug-likeness (QED) is 0.823. The molecule has 0 aliphatic carbocycles. The number of hydrogen-bond donors (Lipinski definition) is 1. The molecule has 1 aromatic heterocycles. The van der Waals surface area contributed by atoms with E-state index in [2.05, 4.69) is 25.2 Å². The van der Waals surface area contributed by atoms with Gasteiger partial charge in [0.15, 0.2) is 0 Å². The number of thioether (sulfide) groups is 1. The maximum atomic E-state index is 11.5. The standard InChI is InChI=1S/C13H13N5O2S/c19-11-10(21-13(20)17-11)8-9-2-4-15-12(16-9)18-6-1-3-14-5-7-18/h2-4,8H,1,5-7H2,(H,17,19,20)/b10-8-. The molecule has 1 N–H and O–H groups in total. The summed E-state index contributed by atoms with van der Waals surface area (Å²) in [6.45, 7) is 2.31. The number of amides is 2. The largest absolute Gasteiger partial charge is 0.339 e. The highest BCUT2D eigenvalue weighted by Gasteiger charge is 2.25. The van der Waals surface area contributed by atoms with Crippen molar-refractivity contribution in [1.82, 2.24) is 15.3 Å². The second kappa shape index (κ2) is 6.04. The summed E-state index contributed by atoms with van der Waals surface area (Å²) < 4.78 is 0. The van der Waals surface area contributed by atoms with Crippen molar-refractivity contribution in [2.75, 3.05) is 24.5 Å². The number of imide groups is 1. The molecule has 0 aromatic carbocycles. The van der Waals surface area contributed by atoms with Crippen LogP contribution in [0.15, 0.2) is 22.2 Å². The smallest absolute Gasteiger partial charge is 0.290 e. The van der Waals surface area contributed by atoms with Crippen LogP contribution in [0.2, 0.25) is 0 Å². The van der Waals surface area contributed by atoms with Crippen LogP contribution >= 0.6 is 11.8 Å². The molecule has 2 aliphatic rings. The first-order valence-corrected chi connectivity index (χ1v) is 7.35. The fourth-order valence-electron chi connectivity index (χ4n) is 2.04. The van der Waals surface area contributed by atoms with Gasteiger partial charge in [-0.05, 0) is 30.3 Å². The Labute approximate surface area is 125 Å². The van der Waals surface area contributed by atoms with Gasteiger partial charge in [0.05, 0.1) is 17.1 Å². The minimum Gasteiger partial charge on any atom is -0.339 e. The van der Waals surface area contributed by atoms with Crippen molar-refractivity contribution >= 4 is 41.1 Å². The molecule has 1 aromatic rings. The molecule has 8 heteroatoms. The predicted molar refractivity (Wildman–Crippen MR) is 81.3 cm³/mol. The first-order valence-electron chi connectivity index (χ1n) is 6.53. The normalized spacial score (nSPS) is 20.8. The number of anilines is 1. The summed E-state index contributed by atoms with van der Waals surface area (Å²) in [7, 11) is 0. The lowest BCUT2D eigenvalue weighted by molar-refractivity contribution is -0.115. The number of rotatable bonds is 2. The van der Waals surface area contributed by atoms with Crippen LogP contribution in [-0.2, 0) is 4.79 Å². The molecule has 21 heavy (non-hydrogen) atoms. The van der Waals surface area contributed by atoms with Crippen molar-refractivity contribution < 1.29 is 9.59 Å². The molecule has 0 atom stereocenters. The van der Waals surface area contributed by atoms with Gasteiger partial charge in [0, 0.05) is 25.5 Å². The van der Waals surface area contributed by atoms with Crippen LogP contribution in [0.4, 0.5) is 10.7 Å². The lowest BCUT2D eigenvalue weighted by atomic mass is 10.3. The molecule has 0 bridgehead atoms. The number of aliphatic imine (C=N–C) groups is 1. The topological polar surface area (TPSA) is 87.5 Å². The van der Waals surface area contributed by atoms with Gasteiger partial charge < -0.3 is 4.90 Å². The minimum atomic E-state index is -0.381. The lowest BCUT2D eigenvalue weighted by Gasteiger charge is -2.19. The molecule has 3 heterocycles. The fraction of sp³-hybridized carbons (Fsp3) is 0.308. The molecule has 2 amide bonds. The highest BCUT2D eigenvalue weighted by molar-refractivity contribution is 8.18. The second-order valence-corrected chi connectivity index (χ2v) is 5.51. The zero-order valence-electron chi connectivity index (χ0n) is 11.2. The Hall–Kier alpha value is -2.22. The average Bonchev–Trinajstić information content (AvgIpc) is 2.70. The number of carbonyl (C=O) groups excluding carboxylic acids is 2. The van der Waals surface area contributed by atoms with Crippen LogP contribution in [0.25, 0.3) is 6.08 Å². The number of aromatic nitrogens is 2. The van der Waals surface area contributed by atoms with E-state index in [4.69, 9.17) is 0 Å². The van der Waals surface area contributed by atoms with E-state index in [-0.39, 0.29) is 11.1 Å². The zero-order chi connectivity index (χ0) is 14.7. The van der Waals surface area contributed by atoms with E-state index < -0.39 is 0 Å². The Morgan fingerprint density at radius 3 is 3.05 bits per heavy atom. The maximum Gasteiger partial charge on any atom is 0.290 e. The molecular formula is C13H13N5O2S. The molecule has 0 saturated carbocycles. The first-order chi connectivity index (χ1) is 10.2. The van der Waals surface area contributed by atoms with Gasteiger partial charge in [-0.1, -0.05) is 0 Å². The molecule has 0 spiro atoms. The van der Waals surface area contributed by atoms with Crippen LogP contribution in [0.1, 0.15) is 12.1 Å². The number of nitrogens with zero attached hydrogens (tertiary/aromatic N) is 4. The van der Waals surface area contributed by atoms with Gasteiger partial charge in [0.2, 0.25) is 5.95 Å². The first kappa shape index (κ1) is 13.7. The maximum absolute atomic E-state index is 11.5. The van der Waals surface area contributed by atoms with E-state index >= 15 is 0 Å². The van der Waals surface area contributed by atoms with Crippen molar-refractivity contribution in [2.45, 2.75) is 6.42 Å². The summed E-state index contributed by atoms with van der Waals surface area (Å²) in [5.74, 6) is 0.234. The molecule has 108 valence electrons. The molecule has 7 nitrogen and oxygen atoms in total. The lowest BCUT2D eigenvalue weighted by Crippen LogP contribution is -2.28. The molecule has 3 rings (SSSR count). The van der Waals surface area contributed by atoms with Gasteiger partial charge in [-0.25, -0.2) is 9.97 Å². The van der Waals surface area contributed by atoms with Crippen molar-refractivity contribution in [1.29, 1.82) is 0 Å². The van der Waals surface area contributed by atoms with E-state index in [0.29, 0.717) is 16.5 Å². The fourth-order valence-corrected chi connectivity index (χ4v) is 2.70. The molecule has 0 radical (unpaired) electrons. The van der Waals surface area contributed by atoms with Crippen molar-refractivity contribution in [2.24, 2.45) is 4.99 Å². The monoisotopic (exact) mass is 303 g/mol. The zero-order valence-corrected chi connectivity index (χ0v) is 12.0. The third kappa shape index (κ3) is 3.27. The Morgan fingerprint density at radius 1 is 1.33 bits per heavy atom. The number of nitrogens with one attached hydrogen (secondary N) is 1. The summed E-state index contributed by atoms with van der Waals surface area (Å²) in [6.07, 6.45) is 6.03. The van der Waals surface area contributed by atoms with Crippen molar-refractivity contribution in [3.05, 3.63) is 22.9 Å². The van der Waals surface area contributed by atoms with Crippen LogP contribution in [0, 0.1) is 0 Å². The van der Waals surface area contributed by atoms with E-state index in [1.165, 1.54) is 0 Å². The van der Waals surface area contributed by atoms with Crippen LogP contribution in [0.5, 0.6) is 0 Å². The highest BCUT2D eigenvalue weighted by atomic mass is 32.2. The van der Waals surface area contributed by atoms with Gasteiger partial charge in [0.1, 0.15) is 0 Å². The minimum absolute atomic E-state index is 0.351.